The van der Waals surface area contributed by atoms with Gasteiger partial charge in [0.25, 0.3) is 0 Å². The largest absolute Gasteiger partial charge is 0.504 e. The topological polar surface area (TPSA) is 133 Å². The second-order valence-electron chi connectivity index (χ2n) is 4.60. The average Bonchev–Trinajstić information content (AvgIpc) is 2.49. The number of carbonyl (C=O) groups excluding carboxylic acids is 1. The normalized spacial score (nSPS) is 11.9. The van der Waals surface area contributed by atoms with Crippen molar-refractivity contribution in [3.05, 3.63) is 29.8 Å². The molecule has 0 radical (unpaired) electrons. The number of hydrogen-bond acceptors (Lipinski definition) is 5. The Labute approximate surface area is 132 Å². The highest BCUT2D eigenvalue weighted by atomic mass is 16.5. The first-order valence-corrected chi connectivity index (χ1v) is 6.63. The zero-order chi connectivity index (χ0) is 17.4. The van der Waals surface area contributed by atoms with Crippen molar-refractivity contribution in [2.45, 2.75) is 18.9 Å². The van der Waals surface area contributed by atoms with Gasteiger partial charge in [0.05, 0.1) is 7.11 Å². The van der Waals surface area contributed by atoms with Crippen molar-refractivity contribution in [1.82, 2.24) is 5.32 Å². The Morgan fingerprint density at radius 1 is 1.30 bits per heavy atom. The molecule has 8 nitrogen and oxygen atoms in total. The van der Waals surface area contributed by atoms with Crippen molar-refractivity contribution in [2.24, 2.45) is 0 Å². The number of hydrogen-bond donors (Lipinski definition) is 4. The SMILES string of the molecule is COc1ccc(/C=C/C(=O)N[C@H](CCC(=O)O)C(=O)O)cc1O. The maximum atomic E-state index is 11.7. The van der Waals surface area contributed by atoms with Crippen LogP contribution in [0.2, 0.25) is 0 Å². The van der Waals surface area contributed by atoms with Crippen molar-refractivity contribution in [3.63, 3.8) is 0 Å². The lowest BCUT2D eigenvalue weighted by Gasteiger charge is -2.11. The number of methoxy groups -OCH3 is 1. The van der Waals surface area contributed by atoms with Crippen LogP contribution >= 0.6 is 0 Å². The number of aliphatic carboxylic acids is 2. The number of amides is 1. The Morgan fingerprint density at radius 3 is 2.52 bits per heavy atom. The molecule has 0 aliphatic carbocycles. The third-order valence-electron chi connectivity index (χ3n) is 2.89. The van der Waals surface area contributed by atoms with Crippen molar-refractivity contribution in [2.75, 3.05) is 7.11 Å². The van der Waals surface area contributed by atoms with Gasteiger partial charge in [-0.2, -0.15) is 0 Å². The molecule has 0 heterocycles. The standard InChI is InChI=1S/C15H17NO7/c1-23-12-5-2-9(8-11(12)17)3-6-13(18)16-10(15(21)22)4-7-14(19)20/h2-3,5-6,8,10,17H,4,7H2,1H3,(H,16,18)(H,19,20)(H,21,22)/b6-3+/t10-/m1/s1. The monoisotopic (exact) mass is 323 g/mol. The third-order valence-corrected chi connectivity index (χ3v) is 2.89. The first-order valence-electron chi connectivity index (χ1n) is 6.63. The highest BCUT2D eigenvalue weighted by molar-refractivity contribution is 5.94. The van der Waals surface area contributed by atoms with Crippen LogP contribution in [0.3, 0.4) is 0 Å². The molecule has 0 saturated carbocycles. The first-order chi connectivity index (χ1) is 10.8. The fourth-order valence-electron chi connectivity index (χ4n) is 1.73. The second-order valence-corrected chi connectivity index (χ2v) is 4.60. The highest BCUT2D eigenvalue weighted by Gasteiger charge is 2.19. The summed E-state index contributed by atoms with van der Waals surface area (Å²) in [6.07, 6.45) is 1.89. The van der Waals surface area contributed by atoms with Crippen LogP contribution in [0.1, 0.15) is 18.4 Å². The summed E-state index contributed by atoms with van der Waals surface area (Å²) in [7, 11) is 1.40. The third kappa shape index (κ3) is 6.08. The van der Waals surface area contributed by atoms with Gasteiger partial charge in [0.2, 0.25) is 5.91 Å². The molecule has 0 aromatic heterocycles. The molecule has 1 rings (SSSR count). The van der Waals surface area contributed by atoms with Gasteiger partial charge < -0.3 is 25.4 Å². The Balaban J connectivity index is 2.68. The van der Waals surface area contributed by atoms with Crippen molar-refractivity contribution < 1.29 is 34.4 Å². The van der Waals surface area contributed by atoms with Gasteiger partial charge in [-0.05, 0) is 30.2 Å². The van der Waals surface area contributed by atoms with Gasteiger partial charge in [0, 0.05) is 12.5 Å². The summed E-state index contributed by atoms with van der Waals surface area (Å²) < 4.78 is 4.88. The number of ether oxygens (including phenoxy) is 1. The van der Waals surface area contributed by atoms with E-state index in [1.165, 1.54) is 25.3 Å². The summed E-state index contributed by atoms with van der Waals surface area (Å²) in [5.41, 5.74) is 0.510. The Morgan fingerprint density at radius 2 is 2.00 bits per heavy atom. The number of phenolic OH excluding ortho intramolecular Hbond substituents is 1. The van der Waals surface area contributed by atoms with Crippen LogP contribution < -0.4 is 10.1 Å². The van der Waals surface area contributed by atoms with E-state index in [4.69, 9.17) is 14.9 Å². The fraction of sp³-hybridized carbons (Fsp3) is 0.267. The summed E-state index contributed by atoms with van der Waals surface area (Å²) in [6, 6.07) is 3.20. The lowest BCUT2D eigenvalue weighted by atomic mass is 10.1. The van der Waals surface area contributed by atoms with Crippen LogP contribution in [0, 0.1) is 0 Å². The molecule has 0 bridgehead atoms. The first kappa shape index (κ1) is 18.0. The molecule has 0 fully saturated rings. The number of aromatic hydroxyl groups is 1. The Kier molecular flexibility index (Phi) is 6.60. The number of carbonyl (C=O) groups is 3. The summed E-state index contributed by atoms with van der Waals surface area (Å²) in [6.45, 7) is 0. The molecule has 1 aromatic carbocycles. The summed E-state index contributed by atoms with van der Waals surface area (Å²) in [5.74, 6) is -2.95. The number of nitrogens with one attached hydrogen (secondary N) is 1. The van der Waals surface area contributed by atoms with Crippen LogP contribution in [-0.4, -0.2) is 46.3 Å². The number of rotatable bonds is 8. The fourth-order valence-corrected chi connectivity index (χ4v) is 1.73. The molecule has 4 N–H and O–H groups in total. The zero-order valence-corrected chi connectivity index (χ0v) is 12.4. The molecule has 1 atom stereocenters. The lowest BCUT2D eigenvalue weighted by Crippen LogP contribution is -2.40. The van der Waals surface area contributed by atoms with E-state index >= 15 is 0 Å². The molecule has 0 aliphatic heterocycles. The minimum Gasteiger partial charge on any atom is -0.504 e. The van der Waals surface area contributed by atoms with E-state index in [-0.39, 0.29) is 24.3 Å². The van der Waals surface area contributed by atoms with E-state index in [2.05, 4.69) is 5.32 Å². The van der Waals surface area contributed by atoms with Gasteiger partial charge in [0.15, 0.2) is 11.5 Å². The summed E-state index contributed by atoms with van der Waals surface area (Å²) >= 11 is 0. The number of benzene rings is 1. The van der Waals surface area contributed by atoms with Crippen molar-refractivity contribution >= 4 is 23.9 Å². The van der Waals surface area contributed by atoms with E-state index in [0.29, 0.717) is 5.56 Å². The molecular weight excluding hydrogens is 306 g/mol. The minimum atomic E-state index is -1.31. The maximum absolute atomic E-state index is 11.7. The van der Waals surface area contributed by atoms with Gasteiger partial charge in [-0.25, -0.2) is 4.79 Å². The molecular formula is C15H17NO7. The molecule has 0 aliphatic rings. The van der Waals surface area contributed by atoms with Crippen LogP contribution in [-0.2, 0) is 14.4 Å². The predicted molar refractivity (Wildman–Crippen MR) is 80.1 cm³/mol. The number of phenols is 1. The smallest absolute Gasteiger partial charge is 0.326 e. The van der Waals surface area contributed by atoms with Gasteiger partial charge in [-0.1, -0.05) is 6.07 Å². The second kappa shape index (κ2) is 8.42. The van der Waals surface area contributed by atoms with E-state index in [0.717, 1.165) is 6.08 Å². The van der Waals surface area contributed by atoms with E-state index in [9.17, 15) is 19.5 Å². The molecule has 0 spiro atoms. The maximum Gasteiger partial charge on any atom is 0.326 e. The van der Waals surface area contributed by atoms with E-state index < -0.39 is 23.9 Å². The molecule has 124 valence electrons. The van der Waals surface area contributed by atoms with Crippen LogP contribution in [0.15, 0.2) is 24.3 Å². The van der Waals surface area contributed by atoms with Gasteiger partial charge >= 0.3 is 11.9 Å². The molecule has 0 saturated heterocycles. The highest BCUT2D eigenvalue weighted by Crippen LogP contribution is 2.26. The lowest BCUT2D eigenvalue weighted by molar-refractivity contribution is -0.142. The predicted octanol–water partition coefficient (Wildman–Crippen LogP) is 0.848. The zero-order valence-electron chi connectivity index (χ0n) is 12.4. The van der Waals surface area contributed by atoms with Crippen molar-refractivity contribution in [3.8, 4) is 11.5 Å². The molecule has 1 aromatic rings. The summed E-state index contributed by atoms with van der Waals surface area (Å²) in [4.78, 5) is 33.1. The van der Waals surface area contributed by atoms with Crippen LogP contribution in [0.5, 0.6) is 11.5 Å². The Hall–Kier alpha value is -3.03. The van der Waals surface area contributed by atoms with Gasteiger partial charge in [-0.3, -0.25) is 9.59 Å². The molecule has 23 heavy (non-hydrogen) atoms. The molecule has 1 amide bonds. The van der Waals surface area contributed by atoms with Crippen LogP contribution in [0.4, 0.5) is 0 Å². The van der Waals surface area contributed by atoms with Crippen LogP contribution in [0.25, 0.3) is 6.08 Å². The number of carboxylic acids is 2. The molecule has 0 unspecified atom stereocenters. The van der Waals surface area contributed by atoms with E-state index in [1.807, 2.05) is 0 Å². The molecule has 8 heteroatoms. The minimum absolute atomic E-state index is 0.0973. The Bertz CT molecular complexity index is 624. The quantitative estimate of drug-likeness (QED) is 0.521. The average molecular weight is 323 g/mol. The van der Waals surface area contributed by atoms with E-state index in [1.54, 1.807) is 6.07 Å². The summed E-state index contributed by atoms with van der Waals surface area (Å²) in [5, 5.41) is 29.3. The van der Waals surface area contributed by atoms with Gasteiger partial charge in [-0.15, -0.1) is 0 Å². The van der Waals surface area contributed by atoms with Crippen molar-refractivity contribution in [1.29, 1.82) is 0 Å². The van der Waals surface area contributed by atoms with Gasteiger partial charge in [0.1, 0.15) is 6.04 Å². The number of carboxylic acid groups (broad SMARTS) is 2.